The number of nitrogens with zero attached hydrogens (tertiary/aromatic N) is 3. The second kappa shape index (κ2) is 6.98. The van der Waals surface area contributed by atoms with Gasteiger partial charge >= 0.3 is 6.18 Å². The lowest BCUT2D eigenvalue weighted by molar-refractivity contribution is -0.137. The summed E-state index contributed by atoms with van der Waals surface area (Å²) in [5, 5.41) is 3.76. The number of amides is 1. The lowest BCUT2D eigenvalue weighted by atomic mass is 10.1. The van der Waals surface area contributed by atoms with Crippen molar-refractivity contribution in [3.8, 4) is 11.4 Å². The molecule has 0 saturated carbocycles. The fourth-order valence-electron chi connectivity index (χ4n) is 3.23. The van der Waals surface area contributed by atoms with Crippen molar-refractivity contribution in [2.24, 2.45) is 0 Å². The van der Waals surface area contributed by atoms with E-state index in [1.54, 1.807) is 19.1 Å². The summed E-state index contributed by atoms with van der Waals surface area (Å²) in [6.45, 7) is 1.84. The average molecular weight is 405 g/mol. The van der Waals surface area contributed by atoms with Crippen molar-refractivity contribution >= 4 is 11.6 Å². The number of hydrogen-bond donors (Lipinski definition) is 0. The standard InChI is InChI=1S/C20H15F4N3O2/c1-11-5-6-15(9-16(11)21)27-10-13(8-17(27)28)19-25-18(26-29-19)12-3-2-4-14(7-12)20(22,23)24/h2-7,9,13H,8,10H2,1H3/t13-/m1/s1. The molecule has 2 aromatic carbocycles. The van der Waals surface area contributed by atoms with E-state index < -0.39 is 23.5 Å². The highest BCUT2D eigenvalue weighted by molar-refractivity contribution is 5.96. The SMILES string of the molecule is Cc1ccc(N2C[C@H](c3nc(-c4cccc(C(F)(F)F)c4)no3)CC2=O)cc1F. The van der Waals surface area contributed by atoms with Gasteiger partial charge in [0, 0.05) is 24.2 Å². The molecule has 29 heavy (non-hydrogen) atoms. The summed E-state index contributed by atoms with van der Waals surface area (Å²) in [6.07, 6.45) is -4.40. The summed E-state index contributed by atoms with van der Waals surface area (Å²) < 4.78 is 57.7. The molecule has 1 saturated heterocycles. The second-order valence-corrected chi connectivity index (χ2v) is 6.87. The van der Waals surface area contributed by atoms with Crippen LogP contribution in [0.15, 0.2) is 47.0 Å². The second-order valence-electron chi connectivity index (χ2n) is 6.87. The van der Waals surface area contributed by atoms with Crippen molar-refractivity contribution in [3.05, 3.63) is 65.3 Å². The maximum atomic E-state index is 13.8. The van der Waals surface area contributed by atoms with E-state index in [0.29, 0.717) is 11.3 Å². The van der Waals surface area contributed by atoms with E-state index in [2.05, 4.69) is 10.1 Å². The van der Waals surface area contributed by atoms with Gasteiger partial charge < -0.3 is 9.42 Å². The quantitative estimate of drug-likeness (QED) is 0.592. The Bertz CT molecular complexity index is 1080. The Morgan fingerprint density at radius 3 is 2.69 bits per heavy atom. The predicted molar refractivity (Wildman–Crippen MR) is 95.6 cm³/mol. The first-order chi connectivity index (χ1) is 13.7. The molecular weight excluding hydrogens is 390 g/mol. The molecule has 2 heterocycles. The summed E-state index contributed by atoms with van der Waals surface area (Å²) in [5.41, 5.74) is 0.249. The maximum Gasteiger partial charge on any atom is 0.416 e. The van der Waals surface area contributed by atoms with Crippen LogP contribution in [0.25, 0.3) is 11.4 Å². The molecule has 0 spiro atoms. The van der Waals surface area contributed by atoms with Gasteiger partial charge in [-0.15, -0.1) is 0 Å². The Labute approximate surface area is 162 Å². The van der Waals surface area contributed by atoms with Gasteiger partial charge in [0.15, 0.2) is 0 Å². The molecule has 0 unspecified atom stereocenters. The third-order valence-electron chi connectivity index (χ3n) is 4.83. The van der Waals surface area contributed by atoms with Crippen LogP contribution in [0.2, 0.25) is 0 Å². The molecule has 150 valence electrons. The number of hydrogen-bond acceptors (Lipinski definition) is 4. The molecule has 0 radical (unpaired) electrons. The van der Waals surface area contributed by atoms with Gasteiger partial charge in [0.1, 0.15) is 5.82 Å². The highest BCUT2D eigenvalue weighted by Gasteiger charge is 2.36. The number of benzene rings is 2. The number of aromatic nitrogens is 2. The minimum atomic E-state index is -4.48. The van der Waals surface area contributed by atoms with E-state index >= 15 is 0 Å². The molecule has 0 bridgehead atoms. The van der Waals surface area contributed by atoms with Crippen LogP contribution in [0, 0.1) is 12.7 Å². The van der Waals surface area contributed by atoms with E-state index in [9.17, 15) is 22.4 Å². The van der Waals surface area contributed by atoms with Crippen LogP contribution in [0.4, 0.5) is 23.2 Å². The molecule has 1 aliphatic heterocycles. The third kappa shape index (κ3) is 3.72. The van der Waals surface area contributed by atoms with Crippen LogP contribution >= 0.6 is 0 Å². The van der Waals surface area contributed by atoms with Crippen LogP contribution in [0.1, 0.15) is 29.4 Å². The predicted octanol–water partition coefficient (Wildman–Crippen LogP) is 4.72. The smallest absolute Gasteiger partial charge is 0.339 e. The van der Waals surface area contributed by atoms with Crippen LogP contribution in [0.3, 0.4) is 0 Å². The van der Waals surface area contributed by atoms with E-state index in [1.165, 1.54) is 23.1 Å². The van der Waals surface area contributed by atoms with Gasteiger partial charge in [-0.25, -0.2) is 4.39 Å². The lowest BCUT2D eigenvalue weighted by Gasteiger charge is -2.16. The van der Waals surface area contributed by atoms with Gasteiger partial charge in [-0.2, -0.15) is 18.2 Å². The third-order valence-corrected chi connectivity index (χ3v) is 4.83. The topological polar surface area (TPSA) is 59.2 Å². The summed E-state index contributed by atoms with van der Waals surface area (Å²) in [7, 11) is 0. The monoisotopic (exact) mass is 405 g/mol. The highest BCUT2D eigenvalue weighted by atomic mass is 19.4. The molecule has 1 aromatic heterocycles. The first-order valence-corrected chi connectivity index (χ1v) is 8.80. The number of rotatable bonds is 3. The van der Waals surface area contributed by atoms with E-state index in [1.807, 2.05) is 0 Å². The number of alkyl halides is 3. The van der Waals surface area contributed by atoms with E-state index in [-0.39, 0.29) is 36.2 Å². The molecular formula is C20H15F4N3O2. The number of carbonyl (C=O) groups is 1. The van der Waals surface area contributed by atoms with Gasteiger partial charge in [0.05, 0.1) is 11.5 Å². The van der Waals surface area contributed by atoms with E-state index in [4.69, 9.17) is 4.52 Å². The molecule has 3 aromatic rings. The van der Waals surface area contributed by atoms with E-state index in [0.717, 1.165) is 12.1 Å². The highest BCUT2D eigenvalue weighted by Crippen LogP contribution is 2.34. The zero-order chi connectivity index (χ0) is 20.8. The van der Waals surface area contributed by atoms with Crippen molar-refractivity contribution in [1.29, 1.82) is 0 Å². The normalized spacial score (nSPS) is 17.2. The largest absolute Gasteiger partial charge is 0.416 e. The summed E-state index contributed by atoms with van der Waals surface area (Å²) in [6, 6.07) is 9.14. The average Bonchev–Trinajstić information content (AvgIpc) is 3.30. The fraction of sp³-hybridized carbons (Fsp3) is 0.250. The number of anilines is 1. The van der Waals surface area contributed by atoms with Gasteiger partial charge in [-0.05, 0) is 36.8 Å². The fourth-order valence-corrected chi connectivity index (χ4v) is 3.23. The Balaban J connectivity index is 1.56. The van der Waals surface area contributed by atoms with Gasteiger partial charge in [-0.1, -0.05) is 23.4 Å². The number of carbonyl (C=O) groups excluding carboxylic acids is 1. The zero-order valence-corrected chi connectivity index (χ0v) is 15.2. The Morgan fingerprint density at radius 1 is 1.17 bits per heavy atom. The Morgan fingerprint density at radius 2 is 1.97 bits per heavy atom. The molecule has 1 aliphatic rings. The van der Waals surface area contributed by atoms with Crippen molar-refractivity contribution in [2.45, 2.75) is 25.4 Å². The molecule has 1 atom stereocenters. The van der Waals surface area contributed by atoms with Crippen molar-refractivity contribution in [1.82, 2.24) is 10.1 Å². The lowest BCUT2D eigenvalue weighted by Crippen LogP contribution is -2.24. The summed E-state index contributed by atoms with van der Waals surface area (Å²) in [5.74, 6) is -0.904. The molecule has 9 heteroatoms. The summed E-state index contributed by atoms with van der Waals surface area (Å²) in [4.78, 5) is 18.0. The van der Waals surface area contributed by atoms with Gasteiger partial charge in [0.25, 0.3) is 0 Å². The number of aryl methyl sites for hydroxylation is 1. The van der Waals surface area contributed by atoms with Gasteiger partial charge in [0.2, 0.25) is 17.6 Å². The Hall–Kier alpha value is -3.23. The molecule has 0 aliphatic carbocycles. The molecule has 4 rings (SSSR count). The van der Waals surface area contributed by atoms with Crippen LogP contribution in [0.5, 0.6) is 0 Å². The van der Waals surface area contributed by atoms with Crippen LogP contribution in [-0.4, -0.2) is 22.6 Å². The first-order valence-electron chi connectivity index (χ1n) is 8.80. The first kappa shape index (κ1) is 19.1. The Kier molecular flexibility index (Phi) is 4.60. The molecule has 1 fully saturated rings. The zero-order valence-electron chi connectivity index (χ0n) is 15.2. The number of halogens is 4. The van der Waals surface area contributed by atoms with Crippen molar-refractivity contribution < 1.29 is 26.9 Å². The molecule has 5 nitrogen and oxygen atoms in total. The van der Waals surface area contributed by atoms with Crippen LogP contribution < -0.4 is 4.90 Å². The van der Waals surface area contributed by atoms with Gasteiger partial charge in [-0.3, -0.25) is 4.79 Å². The minimum absolute atomic E-state index is 0.0124. The maximum absolute atomic E-state index is 13.8. The van der Waals surface area contributed by atoms with Crippen molar-refractivity contribution in [3.63, 3.8) is 0 Å². The van der Waals surface area contributed by atoms with Crippen molar-refractivity contribution in [2.75, 3.05) is 11.4 Å². The molecule has 1 amide bonds. The summed E-state index contributed by atoms with van der Waals surface area (Å²) >= 11 is 0. The minimum Gasteiger partial charge on any atom is -0.339 e. The van der Waals surface area contributed by atoms with Crippen LogP contribution in [-0.2, 0) is 11.0 Å². The molecule has 0 N–H and O–H groups in total.